The Morgan fingerprint density at radius 2 is 2.07 bits per heavy atom. The molecule has 0 fully saturated rings. The molecule has 2 aromatic carbocycles. The highest BCUT2D eigenvalue weighted by Crippen LogP contribution is 2.28. The number of hydrogen-bond acceptors (Lipinski definition) is 6. The largest absolute Gasteiger partial charge is 0.493 e. The normalized spacial score (nSPS) is 15.6. The molecule has 0 aliphatic carbocycles. The van der Waals surface area contributed by atoms with Gasteiger partial charge in [-0.25, -0.2) is 10.9 Å². The highest BCUT2D eigenvalue weighted by molar-refractivity contribution is 6.15. The van der Waals surface area contributed by atoms with Crippen LogP contribution in [0.25, 0.3) is 0 Å². The molecule has 3 rings (SSSR count). The van der Waals surface area contributed by atoms with Crippen LogP contribution in [-0.4, -0.2) is 31.4 Å². The third-order valence-corrected chi connectivity index (χ3v) is 3.78. The van der Waals surface area contributed by atoms with Crippen LogP contribution >= 0.6 is 0 Å². The summed E-state index contributed by atoms with van der Waals surface area (Å²) in [5.41, 5.74) is 6.25. The molecule has 0 spiro atoms. The van der Waals surface area contributed by atoms with Gasteiger partial charge in [0.25, 0.3) is 11.8 Å². The van der Waals surface area contributed by atoms with Gasteiger partial charge in [-0.15, -0.1) is 0 Å². The van der Waals surface area contributed by atoms with Crippen molar-refractivity contribution < 1.29 is 19.1 Å². The number of carbonyl (C=O) groups is 2. The molecule has 1 aliphatic rings. The van der Waals surface area contributed by atoms with E-state index in [1.165, 1.54) is 12.4 Å². The molecular weight excluding hydrogens is 348 g/mol. The van der Waals surface area contributed by atoms with Gasteiger partial charge >= 0.3 is 0 Å². The van der Waals surface area contributed by atoms with Gasteiger partial charge in [-0.2, -0.15) is 10.2 Å². The van der Waals surface area contributed by atoms with Crippen molar-refractivity contribution in [3.8, 4) is 11.5 Å². The van der Waals surface area contributed by atoms with Gasteiger partial charge in [0, 0.05) is 6.21 Å². The van der Waals surface area contributed by atoms with E-state index in [0.29, 0.717) is 23.7 Å². The summed E-state index contributed by atoms with van der Waals surface area (Å²) in [6.45, 7) is 0.422. The van der Waals surface area contributed by atoms with Crippen molar-refractivity contribution in [2.45, 2.75) is 6.61 Å². The van der Waals surface area contributed by atoms with Gasteiger partial charge in [0.15, 0.2) is 17.4 Å². The lowest BCUT2D eigenvalue weighted by molar-refractivity contribution is -0.131. The summed E-state index contributed by atoms with van der Waals surface area (Å²) in [7, 11) is 1.55. The van der Waals surface area contributed by atoms with Crippen LogP contribution in [0.15, 0.2) is 58.7 Å². The van der Waals surface area contributed by atoms with Crippen LogP contribution in [0.4, 0.5) is 0 Å². The zero-order valence-electron chi connectivity index (χ0n) is 14.6. The highest BCUT2D eigenvalue weighted by atomic mass is 16.5. The minimum atomic E-state index is -0.967. The number of amides is 2. The van der Waals surface area contributed by atoms with Gasteiger partial charge in [-0.1, -0.05) is 30.3 Å². The van der Waals surface area contributed by atoms with E-state index in [0.717, 1.165) is 5.56 Å². The lowest BCUT2D eigenvalue weighted by atomic mass is 10.1. The van der Waals surface area contributed by atoms with Gasteiger partial charge < -0.3 is 9.47 Å². The summed E-state index contributed by atoms with van der Waals surface area (Å²) in [6.07, 6.45) is 2.68. The minimum Gasteiger partial charge on any atom is -0.493 e. The van der Waals surface area contributed by atoms with E-state index in [1.807, 2.05) is 30.3 Å². The Morgan fingerprint density at radius 1 is 1.26 bits per heavy atom. The van der Waals surface area contributed by atoms with Crippen LogP contribution < -0.4 is 20.3 Å². The number of carbonyl (C=O) groups excluding carboxylic acids is 2. The fourth-order valence-electron chi connectivity index (χ4n) is 2.36. The molecule has 2 aromatic rings. The van der Waals surface area contributed by atoms with Gasteiger partial charge in [0.2, 0.25) is 0 Å². The summed E-state index contributed by atoms with van der Waals surface area (Å²) in [4.78, 5) is 23.2. The van der Waals surface area contributed by atoms with Crippen molar-refractivity contribution in [1.29, 1.82) is 0 Å². The third-order valence-electron chi connectivity index (χ3n) is 3.78. The molecule has 1 aliphatic heterocycles. The molecule has 2 N–H and O–H groups in total. The van der Waals surface area contributed by atoms with E-state index in [-0.39, 0.29) is 0 Å². The molecular formula is C19H18N4O4. The molecule has 27 heavy (non-hydrogen) atoms. The molecule has 1 atom stereocenters. The highest BCUT2D eigenvalue weighted by Gasteiger charge is 2.28. The number of ether oxygens (including phenoxy) is 2. The Labute approximate surface area is 155 Å². The average molecular weight is 366 g/mol. The first-order valence-electron chi connectivity index (χ1n) is 8.18. The molecule has 0 saturated carbocycles. The molecule has 8 heteroatoms. The summed E-state index contributed by atoms with van der Waals surface area (Å²) < 4.78 is 11.1. The maximum atomic E-state index is 11.8. The van der Waals surface area contributed by atoms with Crippen LogP contribution in [0, 0.1) is 5.92 Å². The Bertz CT molecular complexity index is 881. The van der Waals surface area contributed by atoms with Gasteiger partial charge in [-0.05, 0) is 29.3 Å². The zero-order valence-corrected chi connectivity index (χ0v) is 14.6. The Balaban J connectivity index is 1.60. The van der Waals surface area contributed by atoms with Gasteiger partial charge in [-0.3, -0.25) is 9.59 Å². The molecule has 138 valence electrons. The molecule has 0 bridgehead atoms. The molecule has 0 saturated heterocycles. The van der Waals surface area contributed by atoms with Crippen molar-refractivity contribution in [3.05, 3.63) is 59.7 Å². The minimum absolute atomic E-state index is 0.422. The standard InChI is InChI=1S/C19H18N4O4/c1-26-17-9-14(10-20-22-18(24)15-11-21-23-19(15)25)7-8-16(17)27-12-13-5-3-2-4-6-13/h2-11,15H,12H2,1H3,(H,22,24)(H,23,25)/b20-10+. The molecule has 1 heterocycles. The predicted molar refractivity (Wildman–Crippen MR) is 99.6 cm³/mol. The van der Waals surface area contributed by atoms with E-state index in [9.17, 15) is 9.59 Å². The molecule has 8 nitrogen and oxygen atoms in total. The third kappa shape index (κ3) is 4.69. The second kappa shape index (κ2) is 8.61. The monoisotopic (exact) mass is 366 g/mol. The number of hydrazone groups is 2. The van der Waals surface area contributed by atoms with Gasteiger partial charge in [0.1, 0.15) is 6.61 Å². The topological polar surface area (TPSA) is 101 Å². The van der Waals surface area contributed by atoms with E-state index in [4.69, 9.17) is 9.47 Å². The smallest absolute Gasteiger partial charge is 0.258 e. The van der Waals surface area contributed by atoms with Crippen LogP contribution in [0.2, 0.25) is 0 Å². The number of methoxy groups -OCH3 is 1. The maximum absolute atomic E-state index is 11.8. The molecule has 2 amide bonds. The number of rotatable bonds is 7. The van der Waals surface area contributed by atoms with E-state index in [2.05, 4.69) is 21.1 Å². The summed E-state index contributed by atoms with van der Waals surface area (Å²) in [5.74, 6) is -0.862. The van der Waals surface area contributed by atoms with Crippen molar-refractivity contribution >= 4 is 24.2 Å². The van der Waals surface area contributed by atoms with Crippen molar-refractivity contribution in [2.75, 3.05) is 7.11 Å². The lowest BCUT2D eigenvalue weighted by Gasteiger charge is -2.11. The zero-order chi connectivity index (χ0) is 19.1. The van der Waals surface area contributed by atoms with E-state index in [1.54, 1.807) is 25.3 Å². The number of benzene rings is 2. The maximum Gasteiger partial charge on any atom is 0.258 e. The van der Waals surface area contributed by atoms with E-state index < -0.39 is 17.7 Å². The first-order valence-corrected chi connectivity index (χ1v) is 8.18. The van der Waals surface area contributed by atoms with Gasteiger partial charge in [0.05, 0.1) is 13.3 Å². The van der Waals surface area contributed by atoms with Crippen LogP contribution in [0.1, 0.15) is 11.1 Å². The Morgan fingerprint density at radius 3 is 2.78 bits per heavy atom. The fraction of sp³-hybridized carbons (Fsp3) is 0.158. The summed E-state index contributed by atoms with van der Waals surface area (Å²) >= 11 is 0. The number of nitrogens with one attached hydrogen (secondary N) is 2. The second-order valence-corrected chi connectivity index (χ2v) is 5.65. The van der Waals surface area contributed by atoms with Crippen LogP contribution in [-0.2, 0) is 16.2 Å². The number of nitrogens with zero attached hydrogens (tertiary/aromatic N) is 2. The quantitative estimate of drug-likeness (QED) is 0.440. The first kappa shape index (κ1) is 18.1. The number of hydrogen-bond donors (Lipinski definition) is 2. The second-order valence-electron chi connectivity index (χ2n) is 5.65. The first-order chi connectivity index (χ1) is 13.2. The van der Waals surface area contributed by atoms with E-state index >= 15 is 0 Å². The molecule has 0 radical (unpaired) electrons. The van der Waals surface area contributed by atoms with Crippen LogP contribution in [0.3, 0.4) is 0 Å². The SMILES string of the molecule is COc1cc(/C=N/NC(=O)C2C=NNC2=O)ccc1OCc1ccccc1. The summed E-state index contributed by atoms with van der Waals surface area (Å²) in [5, 5.41) is 7.39. The molecule has 1 unspecified atom stereocenters. The Hall–Kier alpha value is -3.68. The predicted octanol–water partition coefficient (Wildman–Crippen LogP) is 1.46. The lowest BCUT2D eigenvalue weighted by Crippen LogP contribution is -2.34. The Kier molecular flexibility index (Phi) is 5.78. The average Bonchev–Trinajstić information content (AvgIpc) is 3.13. The van der Waals surface area contributed by atoms with Crippen molar-refractivity contribution in [1.82, 2.24) is 10.9 Å². The van der Waals surface area contributed by atoms with Crippen molar-refractivity contribution in [3.63, 3.8) is 0 Å². The fourth-order valence-corrected chi connectivity index (χ4v) is 2.36. The summed E-state index contributed by atoms with van der Waals surface area (Å²) in [6, 6.07) is 15.1. The van der Waals surface area contributed by atoms with Crippen molar-refractivity contribution in [2.24, 2.45) is 16.1 Å². The molecule has 0 aromatic heterocycles. The van der Waals surface area contributed by atoms with Crippen LogP contribution in [0.5, 0.6) is 11.5 Å².